The highest BCUT2D eigenvalue weighted by molar-refractivity contribution is 6.32. The normalized spacial score (nSPS) is 14.9. The number of carbonyl (C=O) groups excluding carboxylic acids is 1. The van der Waals surface area contributed by atoms with E-state index in [1.54, 1.807) is 23.1 Å². The van der Waals surface area contributed by atoms with Gasteiger partial charge in [0.1, 0.15) is 35.7 Å². The van der Waals surface area contributed by atoms with E-state index in [9.17, 15) is 13.6 Å². The molecule has 4 aromatic rings. The number of likely N-dealkylation sites (tertiary alicyclic amines) is 1. The maximum atomic E-state index is 12.9. The Morgan fingerprint density at radius 3 is 2.90 bits per heavy atom. The highest BCUT2D eigenvalue weighted by Gasteiger charge is 2.28. The van der Waals surface area contributed by atoms with Crippen molar-refractivity contribution in [3.63, 3.8) is 0 Å². The lowest BCUT2D eigenvalue weighted by molar-refractivity contribution is -0.125. The van der Waals surface area contributed by atoms with Crippen molar-refractivity contribution in [3.05, 3.63) is 78.1 Å². The van der Waals surface area contributed by atoms with Gasteiger partial charge in [-0.3, -0.25) is 9.78 Å². The van der Waals surface area contributed by atoms with Crippen molar-refractivity contribution < 1.29 is 18.3 Å². The Labute approximate surface area is 233 Å². The lowest BCUT2D eigenvalue weighted by atomic mass is 10.2. The third-order valence-electron chi connectivity index (χ3n) is 6.52. The number of halogens is 3. The van der Waals surface area contributed by atoms with Crippen molar-refractivity contribution in [3.8, 4) is 5.75 Å². The molecule has 0 saturated carbocycles. The SMILES string of the molecule is C=CC(=O)N1CCC(N(C)c2ccc3ncnc(Nc4ccc(OCc5cncc(C(F)F)n5)c(Cl)c4)c3n2)C1. The Morgan fingerprint density at radius 2 is 2.12 bits per heavy atom. The molecule has 206 valence electrons. The summed E-state index contributed by atoms with van der Waals surface area (Å²) in [6.45, 7) is 4.76. The Hall–Kier alpha value is -4.45. The van der Waals surface area contributed by atoms with Crippen LogP contribution in [0, 0.1) is 0 Å². The van der Waals surface area contributed by atoms with E-state index in [-0.39, 0.29) is 24.2 Å². The molecular weight excluding hydrogens is 542 g/mol. The molecule has 5 rings (SSSR count). The summed E-state index contributed by atoms with van der Waals surface area (Å²) in [5, 5.41) is 3.53. The maximum absolute atomic E-state index is 12.9. The number of hydrogen-bond acceptors (Lipinski definition) is 9. The van der Waals surface area contributed by atoms with Gasteiger partial charge in [0.05, 0.1) is 28.6 Å². The highest BCUT2D eigenvalue weighted by Crippen LogP contribution is 2.31. The third kappa shape index (κ3) is 5.91. The van der Waals surface area contributed by atoms with Crippen LogP contribution in [0.2, 0.25) is 5.02 Å². The molecular formula is C27H25ClF2N8O2. The number of ether oxygens (including phenoxy) is 1. The summed E-state index contributed by atoms with van der Waals surface area (Å²) in [6.07, 6.45) is 3.26. The van der Waals surface area contributed by atoms with Crippen LogP contribution in [0.4, 0.5) is 26.1 Å². The molecule has 1 N–H and O–H groups in total. The predicted octanol–water partition coefficient (Wildman–Crippen LogP) is 4.95. The standard InChI is InChI=1S/C27H25ClF2N8O2/c1-3-24(39)38-9-8-18(13-38)37(2)23-7-5-20-25(36-23)27(33-15-32-20)35-16-4-6-22(19(28)10-16)40-14-17-11-31-12-21(34-17)26(29)30/h3-7,10-12,15,18,26H,1,8-9,13-14H2,2H3,(H,32,33,35). The van der Waals surface area contributed by atoms with E-state index in [2.05, 4.69) is 36.7 Å². The Bertz CT molecular complexity index is 1560. The van der Waals surface area contributed by atoms with Gasteiger partial charge >= 0.3 is 0 Å². The molecule has 40 heavy (non-hydrogen) atoms. The average molecular weight is 567 g/mol. The Morgan fingerprint density at radius 1 is 1.27 bits per heavy atom. The minimum Gasteiger partial charge on any atom is -0.486 e. The first kappa shape index (κ1) is 27.1. The molecule has 1 unspecified atom stereocenters. The number of anilines is 3. The van der Waals surface area contributed by atoms with Gasteiger partial charge in [0.2, 0.25) is 5.91 Å². The Kier molecular flexibility index (Phi) is 7.96. The monoisotopic (exact) mass is 566 g/mol. The van der Waals surface area contributed by atoms with Gasteiger partial charge in [-0.05, 0) is 42.8 Å². The summed E-state index contributed by atoms with van der Waals surface area (Å²) >= 11 is 6.44. The third-order valence-corrected chi connectivity index (χ3v) is 6.82. The van der Waals surface area contributed by atoms with Crippen molar-refractivity contribution in [2.45, 2.75) is 25.5 Å². The number of nitrogens with one attached hydrogen (secondary N) is 1. The van der Waals surface area contributed by atoms with Gasteiger partial charge < -0.3 is 19.9 Å². The van der Waals surface area contributed by atoms with E-state index in [0.717, 1.165) is 18.4 Å². The zero-order valence-corrected chi connectivity index (χ0v) is 22.2. The second kappa shape index (κ2) is 11.7. The Balaban J connectivity index is 1.31. The van der Waals surface area contributed by atoms with E-state index < -0.39 is 12.1 Å². The lowest BCUT2D eigenvalue weighted by Crippen LogP contribution is -2.36. The molecule has 1 fully saturated rings. The number of benzene rings is 1. The number of aromatic nitrogens is 5. The molecule has 10 nitrogen and oxygen atoms in total. The summed E-state index contributed by atoms with van der Waals surface area (Å²) in [4.78, 5) is 37.0. The van der Waals surface area contributed by atoms with Crippen molar-refractivity contribution in [1.29, 1.82) is 0 Å². The number of amides is 1. The summed E-state index contributed by atoms with van der Waals surface area (Å²) in [7, 11) is 1.95. The van der Waals surface area contributed by atoms with Gasteiger partial charge in [0.25, 0.3) is 6.43 Å². The largest absolute Gasteiger partial charge is 0.486 e. The number of alkyl halides is 2. The maximum Gasteiger partial charge on any atom is 0.281 e. The van der Waals surface area contributed by atoms with E-state index in [1.165, 1.54) is 18.6 Å². The molecule has 1 aliphatic rings. The molecule has 1 atom stereocenters. The number of fused-ring (bicyclic) bond motifs is 1. The molecule has 0 bridgehead atoms. The van der Waals surface area contributed by atoms with Crippen LogP contribution in [0.5, 0.6) is 5.75 Å². The molecule has 3 aromatic heterocycles. The summed E-state index contributed by atoms with van der Waals surface area (Å²) < 4.78 is 31.4. The van der Waals surface area contributed by atoms with Crippen LogP contribution in [-0.2, 0) is 11.4 Å². The fraction of sp³-hybridized carbons (Fsp3) is 0.259. The summed E-state index contributed by atoms with van der Waals surface area (Å²) in [5.41, 5.74) is 1.69. The predicted molar refractivity (Wildman–Crippen MR) is 147 cm³/mol. The van der Waals surface area contributed by atoms with E-state index >= 15 is 0 Å². The topological polar surface area (TPSA) is 109 Å². The first-order valence-electron chi connectivity index (χ1n) is 12.4. The van der Waals surface area contributed by atoms with E-state index in [1.807, 2.05) is 19.2 Å². The van der Waals surface area contributed by atoms with Crippen LogP contribution in [0.25, 0.3) is 11.0 Å². The van der Waals surface area contributed by atoms with Gasteiger partial charge in [-0.25, -0.2) is 28.7 Å². The van der Waals surface area contributed by atoms with Gasteiger partial charge in [-0.2, -0.15) is 0 Å². The number of likely N-dealkylation sites (N-methyl/N-ethyl adjacent to an activating group) is 1. The number of nitrogens with zero attached hydrogens (tertiary/aromatic N) is 7. The molecule has 0 aliphatic carbocycles. The number of hydrogen-bond donors (Lipinski definition) is 1. The average Bonchev–Trinajstić information content (AvgIpc) is 3.46. The molecule has 1 aliphatic heterocycles. The molecule has 1 amide bonds. The van der Waals surface area contributed by atoms with Crippen LogP contribution in [0.1, 0.15) is 24.2 Å². The van der Waals surface area contributed by atoms with Crippen LogP contribution in [0.15, 0.2) is 61.7 Å². The minimum atomic E-state index is -2.72. The molecule has 13 heteroatoms. The minimum absolute atomic E-state index is 0.0721. The van der Waals surface area contributed by atoms with Crippen LogP contribution in [0.3, 0.4) is 0 Å². The highest BCUT2D eigenvalue weighted by atomic mass is 35.5. The van der Waals surface area contributed by atoms with Crippen molar-refractivity contribution >= 4 is 45.9 Å². The lowest BCUT2D eigenvalue weighted by Gasteiger charge is -2.26. The van der Waals surface area contributed by atoms with Crippen LogP contribution >= 0.6 is 11.6 Å². The van der Waals surface area contributed by atoms with E-state index in [4.69, 9.17) is 21.3 Å². The quantitative estimate of drug-likeness (QED) is 0.281. The first-order valence-corrected chi connectivity index (χ1v) is 12.7. The van der Waals surface area contributed by atoms with Crippen LogP contribution in [-0.4, -0.2) is 61.9 Å². The zero-order valence-electron chi connectivity index (χ0n) is 21.5. The van der Waals surface area contributed by atoms with Gasteiger partial charge in [0, 0.05) is 31.9 Å². The first-order chi connectivity index (χ1) is 19.3. The number of pyridine rings is 1. The number of carbonyl (C=O) groups is 1. The van der Waals surface area contributed by atoms with Crippen LogP contribution < -0.4 is 15.0 Å². The van der Waals surface area contributed by atoms with Crippen molar-refractivity contribution in [2.75, 3.05) is 30.4 Å². The zero-order chi connectivity index (χ0) is 28.2. The fourth-order valence-corrected chi connectivity index (χ4v) is 4.61. The van der Waals surface area contributed by atoms with Gasteiger partial charge in [0.15, 0.2) is 5.82 Å². The second-order valence-electron chi connectivity index (χ2n) is 9.10. The number of rotatable bonds is 9. The molecule has 1 saturated heterocycles. The summed E-state index contributed by atoms with van der Waals surface area (Å²) in [6, 6.07) is 8.94. The summed E-state index contributed by atoms with van der Waals surface area (Å²) in [5.74, 6) is 1.49. The fourth-order valence-electron chi connectivity index (χ4n) is 4.37. The smallest absolute Gasteiger partial charge is 0.281 e. The van der Waals surface area contributed by atoms with E-state index in [0.29, 0.717) is 46.4 Å². The molecule has 0 radical (unpaired) electrons. The van der Waals surface area contributed by atoms with Gasteiger partial charge in [-0.15, -0.1) is 0 Å². The molecule has 0 spiro atoms. The molecule has 1 aromatic carbocycles. The van der Waals surface area contributed by atoms with Crippen molar-refractivity contribution in [2.24, 2.45) is 0 Å². The van der Waals surface area contributed by atoms with Crippen molar-refractivity contribution in [1.82, 2.24) is 29.8 Å². The van der Waals surface area contributed by atoms with Gasteiger partial charge in [-0.1, -0.05) is 18.2 Å². The second-order valence-corrected chi connectivity index (χ2v) is 9.50. The molecule has 4 heterocycles.